The number of pyridine rings is 1. The van der Waals surface area contributed by atoms with Crippen LogP contribution in [-0.2, 0) is 9.53 Å². The summed E-state index contributed by atoms with van der Waals surface area (Å²) in [6.07, 6.45) is 7.87. The van der Waals surface area contributed by atoms with E-state index < -0.39 is 5.60 Å². The van der Waals surface area contributed by atoms with Crippen molar-refractivity contribution in [2.75, 3.05) is 0 Å². The van der Waals surface area contributed by atoms with Crippen LogP contribution in [0.4, 0.5) is 4.39 Å². The molecule has 0 saturated heterocycles. The molecule has 0 spiro atoms. The highest BCUT2D eigenvalue weighted by Gasteiger charge is 2.57. The Labute approximate surface area is 160 Å². The van der Waals surface area contributed by atoms with Crippen LogP contribution in [0.25, 0.3) is 10.9 Å². The molecule has 2 fully saturated rings. The molecule has 4 rings (SSSR count). The number of aromatic nitrogens is 1. The summed E-state index contributed by atoms with van der Waals surface area (Å²) in [5.74, 6) is 0.596. The lowest BCUT2D eigenvalue weighted by atomic mass is 9.72. The molecule has 2 saturated carbocycles. The van der Waals surface area contributed by atoms with Gasteiger partial charge in [-0.3, -0.25) is 9.78 Å². The van der Waals surface area contributed by atoms with Crippen LogP contribution in [0.2, 0.25) is 0 Å². The SMILES string of the molecule is CC(C)(C)OC(=O)C1([C@H]2CC[C@H](c3ccnc4ccc(F)cc43)CC2)CC1. The third-order valence-corrected chi connectivity index (χ3v) is 6.28. The Hall–Kier alpha value is -1.97. The summed E-state index contributed by atoms with van der Waals surface area (Å²) < 4.78 is 19.5. The molecule has 3 nitrogen and oxygen atoms in total. The first-order valence-corrected chi connectivity index (χ1v) is 10.1. The molecule has 2 aromatic rings. The lowest BCUT2D eigenvalue weighted by Crippen LogP contribution is -2.35. The molecule has 2 aliphatic carbocycles. The van der Waals surface area contributed by atoms with Crippen LogP contribution in [0, 0.1) is 17.2 Å². The van der Waals surface area contributed by atoms with Gasteiger partial charge in [0.15, 0.2) is 0 Å². The van der Waals surface area contributed by atoms with Gasteiger partial charge in [-0.25, -0.2) is 4.39 Å². The van der Waals surface area contributed by atoms with E-state index in [0.717, 1.165) is 49.4 Å². The average Bonchev–Trinajstić information content (AvgIpc) is 3.42. The van der Waals surface area contributed by atoms with E-state index in [4.69, 9.17) is 4.74 Å². The van der Waals surface area contributed by atoms with E-state index in [1.165, 1.54) is 11.6 Å². The van der Waals surface area contributed by atoms with Crippen molar-refractivity contribution in [3.8, 4) is 0 Å². The van der Waals surface area contributed by atoms with E-state index in [2.05, 4.69) is 4.98 Å². The second-order valence-electron chi connectivity index (χ2n) is 9.27. The van der Waals surface area contributed by atoms with E-state index in [-0.39, 0.29) is 17.2 Å². The minimum absolute atomic E-state index is 0.00474. The minimum atomic E-state index is -0.427. The number of benzene rings is 1. The number of fused-ring (bicyclic) bond motifs is 1. The molecule has 1 aromatic heterocycles. The lowest BCUT2D eigenvalue weighted by Gasteiger charge is -2.35. The third kappa shape index (κ3) is 3.59. The molecule has 1 aromatic carbocycles. The van der Waals surface area contributed by atoms with Gasteiger partial charge in [0.2, 0.25) is 0 Å². The summed E-state index contributed by atoms with van der Waals surface area (Å²) in [6.45, 7) is 5.81. The summed E-state index contributed by atoms with van der Waals surface area (Å²) in [5.41, 5.74) is 1.37. The fraction of sp³-hybridized carbons (Fsp3) is 0.565. The average molecular weight is 369 g/mol. The van der Waals surface area contributed by atoms with Crippen LogP contribution in [-0.4, -0.2) is 16.6 Å². The standard InChI is InChI=1S/C23H28FNO2/c1-22(2,3)27-21(26)23(11-12-23)16-6-4-15(5-7-16)18-10-13-25-20-9-8-17(24)14-19(18)20/h8-10,13-16H,4-7,11-12H2,1-3H3/t15-,16-. The Balaban J connectivity index is 1.49. The molecular weight excluding hydrogens is 341 g/mol. The monoisotopic (exact) mass is 369 g/mol. The Bertz CT molecular complexity index is 858. The topological polar surface area (TPSA) is 39.2 Å². The van der Waals surface area contributed by atoms with Crippen molar-refractivity contribution < 1.29 is 13.9 Å². The normalized spacial score (nSPS) is 24.6. The van der Waals surface area contributed by atoms with Gasteiger partial charge < -0.3 is 4.74 Å². The van der Waals surface area contributed by atoms with E-state index in [0.29, 0.717) is 11.8 Å². The van der Waals surface area contributed by atoms with Gasteiger partial charge >= 0.3 is 5.97 Å². The van der Waals surface area contributed by atoms with E-state index in [9.17, 15) is 9.18 Å². The molecule has 144 valence electrons. The molecular formula is C23H28FNO2. The van der Waals surface area contributed by atoms with E-state index in [1.54, 1.807) is 12.1 Å². The highest BCUT2D eigenvalue weighted by molar-refractivity contribution is 5.83. The van der Waals surface area contributed by atoms with Crippen LogP contribution in [0.1, 0.15) is 70.8 Å². The number of hydrogen-bond donors (Lipinski definition) is 0. The maximum absolute atomic E-state index is 13.8. The van der Waals surface area contributed by atoms with Crippen molar-refractivity contribution in [1.82, 2.24) is 4.98 Å². The molecule has 4 heteroatoms. The number of halogens is 1. The van der Waals surface area contributed by atoms with Crippen LogP contribution < -0.4 is 0 Å². The maximum atomic E-state index is 13.8. The van der Waals surface area contributed by atoms with Crippen LogP contribution in [0.5, 0.6) is 0 Å². The van der Waals surface area contributed by atoms with Gasteiger partial charge in [0, 0.05) is 11.6 Å². The number of carbonyl (C=O) groups excluding carboxylic acids is 1. The first-order chi connectivity index (χ1) is 12.8. The number of nitrogens with zero attached hydrogens (tertiary/aromatic N) is 1. The number of hydrogen-bond acceptors (Lipinski definition) is 3. The van der Waals surface area contributed by atoms with E-state index >= 15 is 0 Å². The van der Waals surface area contributed by atoms with Crippen molar-refractivity contribution in [2.24, 2.45) is 11.3 Å². The van der Waals surface area contributed by atoms with Gasteiger partial charge in [0.05, 0.1) is 10.9 Å². The highest BCUT2D eigenvalue weighted by atomic mass is 19.1. The first kappa shape index (κ1) is 18.4. The van der Waals surface area contributed by atoms with Crippen molar-refractivity contribution in [1.29, 1.82) is 0 Å². The second-order valence-corrected chi connectivity index (χ2v) is 9.27. The summed E-state index contributed by atoms with van der Waals surface area (Å²) in [5, 5.41) is 0.925. The molecule has 0 atom stereocenters. The van der Waals surface area contributed by atoms with Gasteiger partial charge in [-0.05, 0) is 101 Å². The largest absolute Gasteiger partial charge is 0.460 e. The first-order valence-electron chi connectivity index (χ1n) is 10.1. The fourth-order valence-corrected chi connectivity index (χ4v) is 4.75. The fourth-order valence-electron chi connectivity index (χ4n) is 4.75. The minimum Gasteiger partial charge on any atom is -0.460 e. The maximum Gasteiger partial charge on any atom is 0.312 e. The zero-order valence-corrected chi connectivity index (χ0v) is 16.4. The quantitative estimate of drug-likeness (QED) is 0.645. The predicted octanol–water partition coefficient (Wildman–Crippen LogP) is 5.77. The second kappa shape index (κ2) is 6.57. The molecule has 0 bridgehead atoms. The molecule has 2 aliphatic rings. The molecule has 0 aliphatic heterocycles. The molecule has 0 amide bonds. The van der Waals surface area contributed by atoms with Gasteiger partial charge in [-0.1, -0.05) is 0 Å². The summed E-state index contributed by atoms with van der Waals surface area (Å²) in [4.78, 5) is 17.1. The molecule has 27 heavy (non-hydrogen) atoms. The van der Waals surface area contributed by atoms with Gasteiger partial charge in [0.25, 0.3) is 0 Å². The van der Waals surface area contributed by atoms with Crippen LogP contribution in [0.3, 0.4) is 0 Å². The number of esters is 1. The molecule has 0 N–H and O–H groups in total. The van der Waals surface area contributed by atoms with E-state index in [1.807, 2.05) is 33.0 Å². The van der Waals surface area contributed by atoms with Crippen molar-refractivity contribution in [3.05, 3.63) is 41.8 Å². The van der Waals surface area contributed by atoms with Gasteiger partial charge in [-0.2, -0.15) is 0 Å². The number of rotatable bonds is 3. The summed E-state index contributed by atoms with van der Waals surface area (Å²) in [6, 6.07) is 6.86. The zero-order valence-electron chi connectivity index (χ0n) is 16.4. The smallest absolute Gasteiger partial charge is 0.312 e. The highest BCUT2D eigenvalue weighted by Crippen LogP contribution is 2.58. The van der Waals surface area contributed by atoms with Crippen LogP contribution in [0.15, 0.2) is 30.5 Å². The van der Waals surface area contributed by atoms with Crippen LogP contribution >= 0.6 is 0 Å². The molecule has 1 heterocycles. The third-order valence-electron chi connectivity index (χ3n) is 6.28. The lowest BCUT2D eigenvalue weighted by molar-refractivity contribution is -0.164. The van der Waals surface area contributed by atoms with Crippen molar-refractivity contribution in [3.63, 3.8) is 0 Å². The molecule has 0 radical (unpaired) electrons. The van der Waals surface area contributed by atoms with Gasteiger partial charge in [-0.15, -0.1) is 0 Å². The summed E-state index contributed by atoms with van der Waals surface area (Å²) in [7, 11) is 0. The Morgan fingerprint density at radius 2 is 1.85 bits per heavy atom. The zero-order chi connectivity index (χ0) is 19.2. The predicted molar refractivity (Wildman–Crippen MR) is 104 cm³/mol. The number of carbonyl (C=O) groups is 1. The van der Waals surface area contributed by atoms with Gasteiger partial charge in [0.1, 0.15) is 11.4 Å². The summed E-state index contributed by atoms with van der Waals surface area (Å²) >= 11 is 0. The van der Waals surface area contributed by atoms with Crippen molar-refractivity contribution in [2.45, 2.75) is 70.8 Å². The Morgan fingerprint density at radius 1 is 1.15 bits per heavy atom. The number of ether oxygens (including phenoxy) is 1. The molecule has 0 unspecified atom stereocenters. The Morgan fingerprint density at radius 3 is 2.48 bits per heavy atom. The van der Waals surface area contributed by atoms with Crippen molar-refractivity contribution >= 4 is 16.9 Å². The Kier molecular flexibility index (Phi) is 4.48.